The third-order valence-electron chi connectivity index (χ3n) is 9.99. The Balaban J connectivity index is 1.08. The molecule has 242 valence electrons. The van der Waals surface area contributed by atoms with Crippen LogP contribution in [0, 0.1) is 23.2 Å². The highest BCUT2D eigenvalue weighted by Gasteiger charge is 2.55. The van der Waals surface area contributed by atoms with Crippen LogP contribution < -0.4 is 14.4 Å². The zero-order chi connectivity index (χ0) is 32.7. The quantitative estimate of drug-likeness (QED) is 0.104. The molecule has 6 nitrogen and oxygen atoms in total. The molecule has 3 aromatic heterocycles. The van der Waals surface area contributed by atoms with Gasteiger partial charge in [0.05, 0.1) is 14.6 Å². The largest absolute Gasteiger partial charge is 0.485 e. The number of esters is 1. The molecule has 2 aliphatic carbocycles. The average molecular weight is 691 g/mol. The van der Waals surface area contributed by atoms with Gasteiger partial charge in [-0.2, -0.15) is 5.26 Å². The molecule has 4 unspecified atom stereocenters. The van der Waals surface area contributed by atoms with Gasteiger partial charge in [0.2, 0.25) is 0 Å². The van der Waals surface area contributed by atoms with Crippen LogP contribution in [0.15, 0.2) is 66.2 Å². The van der Waals surface area contributed by atoms with Crippen LogP contribution in [0.1, 0.15) is 56.4 Å². The Morgan fingerprint density at radius 2 is 1.69 bits per heavy atom. The molecule has 4 aliphatic rings. The maximum atomic E-state index is 12.5. The molecule has 2 fully saturated rings. The monoisotopic (exact) mass is 690 g/mol. The van der Waals surface area contributed by atoms with Crippen molar-refractivity contribution in [3.8, 4) is 37.8 Å². The summed E-state index contributed by atoms with van der Waals surface area (Å²) >= 11 is 5.00. The van der Waals surface area contributed by atoms with E-state index < -0.39 is 11.6 Å². The molecule has 9 rings (SSSR count). The number of anilines is 2. The van der Waals surface area contributed by atoms with E-state index in [9.17, 15) is 10.1 Å². The number of fused-ring (bicyclic) bond motifs is 9. The van der Waals surface area contributed by atoms with E-state index in [1.54, 1.807) is 60.9 Å². The van der Waals surface area contributed by atoms with Gasteiger partial charge in [-0.25, -0.2) is 4.79 Å². The van der Waals surface area contributed by atoms with Crippen LogP contribution in [-0.4, -0.2) is 30.8 Å². The predicted molar refractivity (Wildman–Crippen MR) is 195 cm³/mol. The summed E-state index contributed by atoms with van der Waals surface area (Å²) in [5, 5.41) is 9.63. The fourth-order valence-corrected chi connectivity index (χ4v) is 11.9. The summed E-state index contributed by atoms with van der Waals surface area (Å²) in [5.41, 5.74) is 4.66. The number of hydrogen-bond acceptors (Lipinski definition) is 9. The maximum Gasteiger partial charge on any atom is 0.349 e. The number of hydrogen-bond donors (Lipinski definition) is 0. The van der Waals surface area contributed by atoms with E-state index in [0.717, 1.165) is 52.2 Å². The van der Waals surface area contributed by atoms with Gasteiger partial charge in [-0.15, -0.1) is 34.0 Å². The summed E-state index contributed by atoms with van der Waals surface area (Å²) in [6.07, 6.45) is 5.63. The second-order valence-electron chi connectivity index (χ2n) is 14.1. The van der Waals surface area contributed by atoms with Crippen LogP contribution in [0.3, 0.4) is 0 Å². The molecule has 9 heteroatoms. The van der Waals surface area contributed by atoms with Gasteiger partial charge in [-0.05, 0) is 105 Å². The molecule has 2 aromatic carbocycles. The molecule has 48 heavy (non-hydrogen) atoms. The Hall–Kier alpha value is -4.10. The van der Waals surface area contributed by atoms with Gasteiger partial charge in [0.15, 0.2) is 11.5 Å². The topological polar surface area (TPSA) is 71.8 Å². The summed E-state index contributed by atoms with van der Waals surface area (Å²) in [7, 11) is 0. The lowest BCUT2D eigenvalue weighted by atomic mass is 9.81. The smallest absolute Gasteiger partial charge is 0.349 e. The van der Waals surface area contributed by atoms with Gasteiger partial charge in [-0.1, -0.05) is 24.3 Å². The Morgan fingerprint density at radius 3 is 2.44 bits per heavy atom. The molecule has 0 N–H and O–H groups in total. The maximum absolute atomic E-state index is 12.5. The molecule has 5 aromatic rings. The number of carbonyl (C=O) groups excluding carboxylic acids is 1. The summed E-state index contributed by atoms with van der Waals surface area (Å²) < 4.78 is 20.3. The molecular weight excluding hydrogens is 657 g/mol. The van der Waals surface area contributed by atoms with Crippen molar-refractivity contribution in [3.05, 3.63) is 76.7 Å². The Bertz CT molecular complexity index is 2130. The second kappa shape index (κ2) is 11.2. The van der Waals surface area contributed by atoms with Gasteiger partial charge in [0, 0.05) is 37.6 Å². The number of nitrogens with zero attached hydrogens (tertiary/aromatic N) is 2. The Kier molecular flexibility index (Phi) is 7.02. The fourth-order valence-electron chi connectivity index (χ4n) is 8.27. The third-order valence-corrected chi connectivity index (χ3v) is 13.6. The SMILES string of the molecule is CC(C)(C)OC(=O)/C(C#N)=C/c1cc2sc(-c3sc(-c4ccc5c(c4)C4C6CCC(C6)C4N5c4ccccc4)c4c3OCCO4)cc2s1. The normalized spacial score (nSPS) is 22.5. The third kappa shape index (κ3) is 4.88. The zero-order valence-electron chi connectivity index (χ0n) is 26.9. The number of nitriles is 1. The van der Waals surface area contributed by atoms with Crippen LogP contribution in [-0.2, 0) is 9.53 Å². The molecule has 2 bridgehead atoms. The molecular formula is C39H34N2O4S3. The molecule has 0 spiro atoms. The van der Waals surface area contributed by atoms with Crippen LogP contribution >= 0.6 is 34.0 Å². The van der Waals surface area contributed by atoms with E-state index in [-0.39, 0.29) is 5.57 Å². The Labute approximate surface area is 291 Å². The highest BCUT2D eigenvalue weighted by atomic mass is 32.1. The first-order chi connectivity index (χ1) is 23.3. The van der Waals surface area contributed by atoms with Crippen molar-refractivity contribution in [2.75, 3.05) is 18.1 Å². The summed E-state index contributed by atoms with van der Waals surface area (Å²) in [5.74, 6) is 3.14. The number of ether oxygens (including phenoxy) is 3. The predicted octanol–water partition coefficient (Wildman–Crippen LogP) is 10.4. The van der Waals surface area contributed by atoms with Crippen molar-refractivity contribution in [1.29, 1.82) is 5.26 Å². The van der Waals surface area contributed by atoms with Crippen molar-refractivity contribution in [2.45, 2.75) is 57.6 Å². The van der Waals surface area contributed by atoms with E-state index >= 15 is 0 Å². The molecule has 2 aliphatic heterocycles. The first kappa shape index (κ1) is 30.0. The Morgan fingerprint density at radius 1 is 0.938 bits per heavy atom. The van der Waals surface area contributed by atoms with Crippen LogP contribution in [0.2, 0.25) is 0 Å². The number of benzene rings is 2. The molecule has 0 saturated heterocycles. The van der Waals surface area contributed by atoms with Crippen molar-refractivity contribution < 1.29 is 19.0 Å². The van der Waals surface area contributed by atoms with Crippen LogP contribution in [0.4, 0.5) is 11.4 Å². The lowest BCUT2D eigenvalue weighted by molar-refractivity contribution is -0.149. The van der Waals surface area contributed by atoms with E-state index in [1.807, 2.05) is 12.1 Å². The van der Waals surface area contributed by atoms with Crippen molar-refractivity contribution in [3.63, 3.8) is 0 Å². The van der Waals surface area contributed by atoms with Gasteiger partial charge in [-0.3, -0.25) is 0 Å². The van der Waals surface area contributed by atoms with Crippen LogP contribution in [0.5, 0.6) is 11.5 Å². The van der Waals surface area contributed by atoms with Gasteiger partial charge >= 0.3 is 5.97 Å². The lowest BCUT2D eigenvalue weighted by Crippen LogP contribution is -2.35. The highest BCUT2D eigenvalue weighted by Crippen LogP contribution is 2.63. The van der Waals surface area contributed by atoms with Gasteiger partial charge < -0.3 is 19.1 Å². The molecule has 5 heterocycles. The number of para-hydroxylation sites is 1. The average Bonchev–Trinajstić information content (AvgIpc) is 3.91. The molecule has 0 radical (unpaired) electrons. The minimum absolute atomic E-state index is 0.000409. The highest BCUT2D eigenvalue weighted by molar-refractivity contribution is 7.32. The standard InChI is InChI=1S/C39H34N2O4S3/c1-39(2,3)45-38(42)24(20-40)16-26-18-29-30(46-26)19-31(47-29)37-35-34(43-13-14-44-35)36(48-37)23-11-12-28-27(17-23)32-21-9-10-22(15-21)33(32)41(28)25-7-5-4-6-8-25/h4-8,11-12,16-19,21-22,32-33H,9-10,13-15H2,1-3H3/b24-16+. The van der Waals surface area contributed by atoms with Crippen molar-refractivity contribution >= 4 is 66.8 Å². The number of rotatable bonds is 5. The second-order valence-corrected chi connectivity index (χ2v) is 17.3. The van der Waals surface area contributed by atoms with Crippen molar-refractivity contribution in [2.24, 2.45) is 11.8 Å². The molecule has 0 amide bonds. The minimum Gasteiger partial charge on any atom is -0.485 e. The van der Waals surface area contributed by atoms with E-state index in [2.05, 4.69) is 59.5 Å². The first-order valence-electron chi connectivity index (χ1n) is 16.6. The summed E-state index contributed by atoms with van der Waals surface area (Å²) in [6, 6.07) is 24.8. The fraction of sp³-hybridized carbons (Fsp3) is 0.333. The minimum atomic E-state index is -0.664. The molecule has 2 saturated carbocycles. The van der Waals surface area contributed by atoms with E-state index in [1.165, 1.54) is 41.8 Å². The lowest BCUT2D eigenvalue weighted by Gasteiger charge is -2.33. The van der Waals surface area contributed by atoms with Gasteiger partial charge in [0.1, 0.15) is 30.5 Å². The van der Waals surface area contributed by atoms with E-state index in [0.29, 0.717) is 25.2 Å². The van der Waals surface area contributed by atoms with E-state index in [4.69, 9.17) is 14.2 Å². The summed E-state index contributed by atoms with van der Waals surface area (Å²) in [4.78, 5) is 19.4. The van der Waals surface area contributed by atoms with Gasteiger partial charge in [0.25, 0.3) is 0 Å². The first-order valence-corrected chi connectivity index (χ1v) is 19.0. The summed E-state index contributed by atoms with van der Waals surface area (Å²) in [6.45, 7) is 6.44. The molecule has 4 atom stereocenters. The van der Waals surface area contributed by atoms with Crippen LogP contribution in [0.25, 0.3) is 35.7 Å². The van der Waals surface area contributed by atoms with Crippen molar-refractivity contribution in [1.82, 2.24) is 0 Å². The zero-order valence-corrected chi connectivity index (χ0v) is 29.4. The number of carbonyl (C=O) groups is 1. The number of thiophene rings is 3.